The highest BCUT2D eigenvalue weighted by Gasteiger charge is 2.25. The van der Waals surface area contributed by atoms with E-state index >= 15 is 0 Å². The van der Waals surface area contributed by atoms with Crippen LogP contribution in [0.4, 0.5) is 22.7 Å². The number of para-hydroxylation sites is 4. The van der Waals surface area contributed by atoms with Gasteiger partial charge in [-0.15, -0.1) is 0 Å². The molecule has 3 aromatic rings. The van der Waals surface area contributed by atoms with Gasteiger partial charge in [0, 0.05) is 13.6 Å². The summed E-state index contributed by atoms with van der Waals surface area (Å²) in [6.07, 6.45) is 0. The van der Waals surface area contributed by atoms with E-state index in [0.717, 1.165) is 6.54 Å². The van der Waals surface area contributed by atoms with Crippen LogP contribution in [0.5, 0.6) is 0 Å². The maximum Gasteiger partial charge on any atom is 0.0655 e. The average molecular weight is 286 g/mol. The van der Waals surface area contributed by atoms with Crippen LogP contribution in [0.25, 0.3) is 0 Å². The standard InChI is InChI=1S/C20H18N2/c1-21-17-11-5-7-13-19(17)22(15-16-9-3-2-4-10-16)20-14-8-6-12-18(20)21/h2-14H,15H2,1H3. The fraction of sp³-hybridized carbons (Fsp3) is 0.100. The summed E-state index contributed by atoms with van der Waals surface area (Å²) in [6, 6.07) is 27.8. The van der Waals surface area contributed by atoms with Crippen LogP contribution in [-0.2, 0) is 6.54 Å². The third-order valence-electron chi connectivity index (χ3n) is 4.25. The van der Waals surface area contributed by atoms with Gasteiger partial charge >= 0.3 is 0 Å². The number of fused-ring (bicyclic) bond motifs is 2. The third-order valence-corrected chi connectivity index (χ3v) is 4.25. The van der Waals surface area contributed by atoms with Crippen LogP contribution in [0, 0.1) is 0 Å². The maximum atomic E-state index is 2.40. The molecule has 0 amide bonds. The molecule has 0 atom stereocenters. The van der Waals surface area contributed by atoms with Gasteiger partial charge in [-0.1, -0.05) is 54.6 Å². The van der Waals surface area contributed by atoms with Crippen molar-refractivity contribution < 1.29 is 0 Å². The highest BCUT2D eigenvalue weighted by atomic mass is 15.3. The Labute approximate surface area is 131 Å². The van der Waals surface area contributed by atoms with Gasteiger partial charge in [0.05, 0.1) is 22.7 Å². The van der Waals surface area contributed by atoms with Gasteiger partial charge in [0.25, 0.3) is 0 Å². The summed E-state index contributed by atoms with van der Waals surface area (Å²) in [7, 11) is 2.14. The van der Waals surface area contributed by atoms with E-state index in [0.29, 0.717) is 0 Å². The number of nitrogens with zero attached hydrogens (tertiary/aromatic N) is 2. The van der Waals surface area contributed by atoms with E-state index in [1.165, 1.54) is 28.3 Å². The SMILES string of the molecule is CN1c2ccccc2N(Cc2ccccc2)c2ccccc21. The summed E-state index contributed by atoms with van der Waals surface area (Å²) in [5.74, 6) is 0. The zero-order chi connectivity index (χ0) is 14.9. The van der Waals surface area contributed by atoms with Gasteiger partial charge in [-0.2, -0.15) is 0 Å². The number of anilines is 4. The molecule has 22 heavy (non-hydrogen) atoms. The summed E-state index contributed by atoms with van der Waals surface area (Å²) in [5, 5.41) is 0. The van der Waals surface area contributed by atoms with Crippen LogP contribution >= 0.6 is 0 Å². The number of rotatable bonds is 2. The monoisotopic (exact) mass is 286 g/mol. The second-order valence-corrected chi connectivity index (χ2v) is 5.61. The summed E-state index contributed by atoms with van der Waals surface area (Å²) in [6.45, 7) is 0.878. The lowest BCUT2D eigenvalue weighted by molar-refractivity contribution is 0.949. The Morgan fingerprint density at radius 3 is 1.59 bits per heavy atom. The van der Waals surface area contributed by atoms with Gasteiger partial charge < -0.3 is 9.80 Å². The van der Waals surface area contributed by atoms with Crippen molar-refractivity contribution in [1.82, 2.24) is 0 Å². The smallest absolute Gasteiger partial charge is 0.0655 e. The first-order chi connectivity index (χ1) is 10.8. The fourth-order valence-electron chi connectivity index (χ4n) is 3.15. The molecule has 0 aliphatic carbocycles. The van der Waals surface area contributed by atoms with E-state index in [4.69, 9.17) is 0 Å². The molecule has 0 fully saturated rings. The van der Waals surface area contributed by atoms with Gasteiger partial charge in [0.1, 0.15) is 0 Å². The van der Waals surface area contributed by atoms with Crippen LogP contribution in [0.2, 0.25) is 0 Å². The molecule has 0 N–H and O–H groups in total. The molecule has 2 heteroatoms. The third kappa shape index (κ3) is 2.04. The Morgan fingerprint density at radius 2 is 1.05 bits per heavy atom. The van der Waals surface area contributed by atoms with Crippen molar-refractivity contribution in [3.8, 4) is 0 Å². The Balaban J connectivity index is 1.85. The highest BCUT2D eigenvalue weighted by molar-refractivity contribution is 5.92. The molecule has 2 nitrogen and oxygen atoms in total. The van der Waals surface area contributed by atoms with Crippen molar-refractivity contribution in [2.75, 3.05) is 16.8 Å². The zero-order valence-corrected chi connectivity index (χ0v) is 12.6. The van der Waals surface area contributed by atoms with Crippen molar-refractivity contribution >= 4 is 22.7 Å². The summed E-state index contributed by atoms with van der Waals surface area (Å²) >= 11 is 0. The van der Waals surface area contributed by atoms with Gasteiger partial charge in [0.2, 0.25) is 0 Å². The van der Waals surface area contributed by atoms with Crippen molar-refractivity contribution in [3.05, 3.63) is 84.4 Å². The largest absolute Gasteiger partial charge is 0.341 e. The molecule has 0 unspecified atom stereocenters. The van der Waals surface area contributed by atoms with Gasteiger partial charge in [-0.25, -0.2) is 0 Å². The average Bonchev–Trinajstić information content (AvgIpc) is 2.59. The van der Waals surface area contributed by atoms with Crippen molar-refractivity contribution in [2.24, 2.45) is 0 Å². The normalized spacial score (nSPS) is 12.8. The molecule has 0 aromatic heterocycles. The molecule has 0 radical (unpaired) electrons. The summed E-state index contributed by atoms with van der Waals surface area (Å²) < 4.78 is 0. The van der Waals surface area contributed by atoms with Crippen LogP contribution in [0.1, 0.15) is 5.56 Å². The van der Waals surface area contributed by atoms with Gasteiger partial charge in [0.15, 0.2) is 0 Å². The first kappa shape index (κ1) is 13.0. The van der Waals surface area contributed by atoms with E-state index in [1.807, 2.05) is 0 Å². The lowest BCUT2D eigenvalue weighted by Crippen LogP contribution is -2.26. The Hall–Kier alpha value is -2.74. The maximum absolute atomic E-state index is 2.40. The Kier molecular flexibility index (Phi) is 3.08. The predicted octanol–water partition coefficient (Wildman–Crippen LogP) is 5.11. The molecule has 0 saturated heterocycles. The first-order valence-electron chi connectivity index (χ1n) is 7.58. The second kappa shape index (κ2) is 5.23. The van der Waals surface area contributed by atoms with Crippen LogP contribution in [0.15, 0.2) is 78.9 Å². The van der Waals surface area contributed by atoms with Crippen molar-refractivity contribution in [1.29, 1.82) is 0 Å². The topological polar surface area (TPSA) is 6.48 Å². The van der Waals surface area contributed by atoms with E-state index in [2.05, 4.69) is 95.7 Å². The molecule has 1 aliphatic heterocycles. The minimum Gasteiger partial charge on any atom is -0.341 e. The quantitative estimate of drug-likeness (QED) is 0.646. The van der Waals surface area contributed by atoms with E-state index in [-0.39, 0.29) is 0 Å². The Bertz CT molecular complexity index is 748. The van der Waals surface area contributed by atoms with Crippen molar-refractivity contribution in [3.63, 3.8) is 0 Å². The van der Waals surface area contributed by atoms with E-state index in [9.17, 15) is 0 Å². The predicted molar refractivity (Wildman–Crippen MR) is 93.2 cm³/mol. The minimum absolute atomic E-state index is 0.878. The highest BCUT2D eigenvalue weighted by Crippen LogP contribution is 2.47. The van der Waals surface area contributed by atoms with Crippen molar-refractivity contribution in [2.45, 2.75) is 6.54 Å². The minimum atomic E-state index is 0.878. The van der Waals surface area contributed by atoms with Crippen LogP contribution in [-0.4, -0.2) is 7.05 Å². The molecule has 4 rings (SSSR count). The lowest BCUT2D eigenvalue weighted by Gasteiger charge is -2.38. The molecule has 0 saturated carbocycles. The molecular weight excluding hydrogens is 268 g/mol. The van der Waals surface area contributed by atoms with Crippen LogP contribution in [0.3, 0.4) is 0 Å². The fourth-order valence-corrected chi connectivity index (χ4v) is 3.15. The molecular formula is C20H18N2. The molecule has 0 bridgehead atoms. The van der Waals surface area contributed by atoms with Gasteiger partial charge in [-0.3, -0.25) is 0 Å². The molecule has 108 valence electrons. The second-order valence-electron chi connectivity index (χ2n) is 5.61. The summed E-state index contributed by atoms with van der Waals surface area (Å²) in [4.78, 5) is 4.67. The zero-order valence-electron chi connectivity index (χ0n) is 12.6. The van der Waals surface area contributed by atoms with Crippen LogP contribution < -0.4 is 9.80 Å². The molecule has 1 heterocycles. The number of hydrogen-bond acceptors (Lipinski definition) is 2. The van der Waals surface area contributed by atoms with Gasteiger partial charge in [-0.05, 0) is 29.8 Å². The number of benzene rings is 3. The molecule has 3 aromatic carbocycles. The lowest BCUT2D eigenvalue weighted by atomic mass is 10.1. The van der Waals surface area contributed by atoms with E-state index in [1.54, 1.807) is 0 Å². The Morgan fingerprint density at radius 1 is 0.591 bits per heavy atom. The van der Waals surface area contributed by atoms with E-state index < -0.39 is 0 Å². The summed E-state index contributed by atoms with van der Waals surface area (Å²) in [5.41, 5.74) is 6.33. The first-order valence-corrected chi connectivity index (χ1v) is 7.58. The number of hydrogen-bond donors (Lipinski definition) is 0. The molecule has 0 spiro atoms. The molecule has 1 aliphatic rings.